The fraction of sp³-hybridized carbons (Fsp3) is 1.00. The van der Waals surface area contributed by atoms with E-state index in [4.69, 9.17) is 23.2 Å². The Morgan fingerprint density at radius 2 is 1.36 bits per heavy atom. The number of nitrogens with zero attached hydrogens (tertiary/aromatic N) is 1. The average molecular weight is 214 g/mol. The summed E-state index contributed by atoms with van der Waals surface area (Å²) < 4.78 is 2.27. The van der Waals surface area contributed by atoms with Gasteiger partial charge in [-0.3, -0.25) is 0 Å². The zero-order valence-electron chi connectivity index (χ0n) is 7.64. The summed E-state index contributed by atoms with van der Waals surface area (Å²) in [5.41, 5.74) is 0. The molecule has 0 unspecified atom stereocenters. The van der Waals surface area contributed by atoms with Gasteiger partial charge in [0.2, 0.25) is 0 Å². The molecule has 0 aliphatic heterocycles. The van der Waals surface area contributed by atoms with Crippen molar-refractivity contribution in [2.24, 2.45) is 0 Å². The predicted octanol–water partition coefficient (Wildman–Crippen LogP) is 1.95. The van der Waals surface area contributed by atoms with Gasteiger partial charge in [0.25, 0.3) is 0 Å². The number of halogens is 2. The molecule has 0 heterocycles. The Hall–Kier alpha value is 0.757. The highest BCUT2D eigenvalue weighted by Crippen LogP contribution is 2.08. The minimum Gasteiger partial charge on any atom is -0.322 e. The molecule has 11 heavy (non-hydrogen) atoms. The van der Waals surface area contributed by atoms with E-state index < -0.39 is 9.68 Å². The van der Waals surface area contributed by atoms with Crippen molar-refractivity contribution in [2.45, 2.75) is 44.2 Å². The summed E-state index contributed by atoms with van der Waals surface area (Å²) in [5.74, 6) is 0. The second kappa shape index (κ2) is 5.41. The topological polar surface area (TPSA) is 3.24 Å². The maximum absolute atomic E-state index is 5.75. The summed E-state index contributed by atoms with van der Waals surface area (Å²) in [5, 5.41) is 0. The van der Waals surface area contributed by atoms with Crippen molar-refractivity contribution in [3.05, 3.63) is 0 Å². The third-order valence-electron chi connectivity index (χ3n) is 1.68. The minimum atomic E-state index is -0.471. The zero-order valence-corrected chi connectivity index (χ0v) is 10.6. The van der Waals surface area contributed by atoms with Crippen LogP contribution >= 0.6 is 23.2 Å². The molecule has 0 atom stereocenters. The van der Waals surface area contributed by atoms with E-state index in [2.05, 4.69) is 32.3 Å². The van der Waals surface area contributed by atoms with Crippen LogP contribution in [0.4, 0.5) is 0 Å². The third-order valence-corrected chi connectivity index (χ3v) is 4.66. The molecule has 0 aromatic heterocycles. The largest absolute Gasteiger partial charge is 0.322 e. The SMILES string of the molecule is CC(C)N([SiH2]C(Cl)Cl)C(C)C. The summed E-state index contributed by atoms with van der Waals surface area (Å²) >= 11 is 11.5. The van der Waals surface area contributed by atoms with Gasteiger partial charge in [0.05, 0.1) is 0 Å². The van der Waals surface area contributed by atoms with E-state index in [-0.39, 0.29) is 4.46 Å². The Bertz CT molecular complexity index is 98.6. The van der Waals surface area contributed by atoms with Crippen LogP contribution in [0, 0.1) is 0 Å². The van der Waals surface area contributed by atoms with E-state index in [1.54, 1.807) is 0 Å². The van der Waals surface area contributed by atoms with Crippen LogP contribution in [0.5, 0.6) is 0 Å². The molecule has 0 aromatic carbocycles. The Labute approximate surface area is 81.9 Å². The van der Waals surface area contributed by atoms with Crippen LogP contribution in [0.2, 0.25) is 0 Å². The van der Waals surface area contributed by atoms with Crippen molar-refractivity contribution in [3.8, 4) is 0 Å². The van der Waals surface area contributed by atoms with Gasteiger partial charge in [0, 0.05) is 0 Å². The lowest BCUT2D eigenvalue weighted by Crippen LogP contribution is -2.42. The molecule has 0 amide bonds. The zero-order chi connectivity index (χ0) is 9.02. The lowest BCUT2D eigenvalue weighted by Gasteiger charge is -2.30. The van der Waals surface area contributed by atoms with E-state index in [1.807, 2.05) is 0 Å². The molecule has 0 aliphatic carbocycles. The highest BCUT2D eigenvalue weighted by atomic mass is 35.5. The summed E-state index contributed by atoms with van der Waals surface area (Å²) in [6, 6.07) is 1.14. The fourth-order valence-electron chi connectivity index (χ4n) is 1.18. The Morgan fingerprint density at radius 1 is 1.00 bits per heavy atom. The van der Waals surface area contributed by atoms with Gasteiger partial charge >= 0.3 is 0 Å². The molecular weight excluding hydrogens is 197 g/mol. The van der Waals surface area contributed by atoms with E-state index in [1.165, 1.54) is 0 Å². The van der Waals surface area contributed by atoms with Gasteiger partial charge < -0.3 is 4.57 Å². The van der Waals surface area contributed by atoms with Crippen LogP contribution in [-0.4, -0.2) is 30.8 Å². The smallest absolute Gasteiger partial charge is 0.133 e. The van der Waals surface area contributed by atoms with Crippen LogP contribution in [0.3, 0.4) is 0 Å². The summed E-state index contributed by atoms with van der Waals surface area (Å²) in [7, 11) is -0.471. The Balaban J connectivity index is 3.90. The monoisotopic (exact) mass is 213 g/mol. The molecule has 4 heteroatoms. The van der Waals surface area contributed by atoms with Crippen molar-refractivity contribution in [1.82, 2.24) is 4.57 Å². The van der Waals surface area contributed by atoms with Gasteiger partial charge in [0.1, 0.15) is 14.1 Å². The van der Waals surface area contributed by atoms with Gasteiger partial charge in [0.15, 0.2) is 0 Å². The quantitative estimate of drug-likeness (QED) is 0.510. The van der Waals surface area contributed by atoms with Gasteiger partial charge in [-0.05, 0) is 12.1 Å². The Kier molecular flexibility index (Phi) is 5.78. The highest BCUT2D eigenvalue weighted by Gasteiger charge is 2.16. The van der Waals surface area contributed by atoms with E-state index in [0.29, 0.717) is 12.1 Å². The molecule has 0 saturated heterocycles. The molecule has 0 saturated carbocycles. The molecule has 0 aliphatic rings. The van der Waals surface area contributed by atoms with E-state index in [0.717, 1.165) is 0 Å². The van der Waals surface area contributed by atoms with E-state index in [9.17, 15) is 0 Å². The molecule has 0 bridgehead atoms. The first-order chi connectivity index (χ1) is 4.95. The third kappa shape index (κ3) is 5.07. The highest BCUT2D eigenvalue weighted by molar-refractivity contribution is 6.67. The standard InChI is InChI=1S/C7H17Cl2NSi/c1-5(2)10(6(3)4)11-7(8)9/h5-7H,11H2,1-4H3. The number of rotatable bonds is 4. The molecule has 0 fully saturated rings. The van der Waals surface area contributed by atoms with Gasteiger partial charge in [-0.15, -0.1) is 23.2 Å². The van der Waals surface area contributed by atoms with Crippen molar-refractivity contribution in [3.63, 3.8) is 0 Å². The lowest BCUT2D eigenvalue weighted by atomic mass is 10.3. The molecule has 0 aromatic rings. The first-order valence-corrected chi connectivity index (χ1v) is 6.31. The first kappa shape index (κ1) is 11.8. The molecule has 1 nitrogen and oxygen atoms in total. The van der Waals surface area contributed by atoms with Crippen molar-refractivity contribution in [2.75, 3.05) is 0 Å². The molecule has 68 valence electrons. The summed E-state index contributed by atoms with van der Waals surface area (Å²) in [4.78, 5) is 0. The van der Waals surface area contributed by atoms with Gasteiger partial charge in [-0.2, -0.15) is 0 Å². The van der Waals surface area contributed by atoms with Crippen LogP contribution in [0.15, 0.2) is 0 Å². The normalized spacial score (nSPS) is 13.6. The van der Waals surface area contributed by atoms with Crippen molar-refractivity contribution in [1.29, 1.82) is 0 Å². The second-order valence-corrected chi connectivity index (χ2v) is 7.50. The van der Waals surface area contributed by atoms with Crippen molar-refractivity contribution >= 4 is 32.9 Å². The number of hydrogen-bond acceptors (Lipinski definition) is 1. The van der Waals surface area contributed by atoms with Crippen LogP contribution < -0.4 is 0 Å². The summed E-state index contributed by atoms with van der Waals surface area (Å²) in [6.07, 6.45) is 0. The summed E-state index contributed by atoms with van der Waals surface area (Å²) in [6.45, 7) is 8.73. The average Bonchev–Trinajstić information content (AvgIpc) is 1.81. The van der Waals surface area contributed by atoms with Crippen LogP contribution in [0.1, 0.15) is 27.7 Å². The number of hydrogen-bond donors (Lipinski definition) is 0. The van der Waals surface area contributed by atoms with E-state index >= 15 is 0 Å². The molecular formula is C7H17Cl2NSi. The fourth-order valence-corrected chi connectivity index (χ4v) is 3.30. The molecule has 0 N–H and O–H groups in total. The second-order valence-electron chi connectivity index (χ2n) is 3.28. The van der Waals surface area contributed by atoms with Crippen molar-refractivity contribution < 1.29 is 0 Å². The predicted molar refractivity (Wildman–Crippen MR) is 56.1 cm³/mol. The Morgan fingerprint density at radius 3 is 1.45 bits per heavy atom. The van der Waals surface area contributed by atoms with Gasteiger partial charge in [-0.25, -0.2) is 0 Å². The van der Waals surface area contributed by atoms with Gasteiger partial charge in [-0.1, -0.05) is 27.7 Å². The maximum Gasteiger partial charge on any atom is 0.133 e. The number of alkyl halides is 2. The lowest BCUT2D eigenvalue weighted by molar-refractivity contribution is 0.312. The molecule has 0 radical (unpaired) electrons. The van der Waals surface area contributed by atoms with Crippen LogP contribution in [-0.2, 0) is 0 Å². The first-order valence-electron chi connectivity index (χ1n) is 3.99. The maximum atomic E-state index is 5.75. The minimum absolute atomic E-state index is 0.139. The molecule has 0 spiro atoms. The van der Waals surface area contributed by atoms with Crippen LogP contribution in [0.25, 0.3) is 0 Å². The molecule has 0 rings (SSSR count).